The number of pyridine rings is 2. The Morgan fingerprint density at radius 1 is 1.08 bits per heavy atom. The molecule has 5 nitrogen and oxygen atoms in total. The van der Waals surface area contributed by atoms with E-state index in [2.05, 4.69) is 15.0 Å². The quantitative estimate of drug-likeness (QED) is 0.608. The smallest absolute Gasteiger partial charge is 0.290 e. The summed E-state index contributed by atoms with van der Waals surface area (Å²) in [6.07, 6.45) is 2.38. The number of nitrogens with one attached hydrogen (secondary N) is 1. The minimum Gasteiger partial charge on any atom is -0.290 e. The Kier molecular flexibility index (Phi) is 4.04. The van der Waals surface area contributed by atoms with Crippen LogP contribution in [-0.4, -0.2) is 19.5 Å². The number of hydrogen-bond acceptors (Lipinski definition) is 3. The summed E-state index contributed by atoms with van der Waals surface area (Å²) < 4.78 is 27.5. The largest absolute Gasteiger partial charge is 0.327 e. The SMILES string of the molecule is O=c1[nH]c2ncc(-c3cccc(C(F)F)c3)cc2n1Cc1cccnc1. The first-order valence-electron chi connectivity index (χ1n) is 7.98. The van der Waals surface area contributed by atoms with Crippen molar-refractivity contribution in [2.75, 3.05) is 0 Å². The van der Waals surface area contributed by atoms with E-state index in [1.165, 1.54) is 12.1 Å². The summed E-state index contributed by atoms with van der Waals surface area (Å²) in [6.45, 7) is 0.342. The lowest BCUT2D eigenvalue weighted by molar-refractivity contribution is 0.151. The van der Waals surface area contributed by atoms with Gasteiger partial charge in [-0.15, -0.1) is 0 Å². The highest BCUT2D eigenvalue weighted by Crippen LogP contribution is 2.26. The fraction of sp³-hybridized carbons (Fsp3) is 0.105. The summed E-state index contributed by atoms with van der Waals surface area (Å²) in [5.74, 6) is 0. The van der Waals surface area contributed by atoms with Crippen LogP contribution >= 0.6 is 0 Å². The number of hydrogen-bond donors (Lipinski definition) is 1. The van der Waals surface area contributed by atoms with E-state index in [1.54, 1.807) is 47.4 Å². The Bertz CT molecular complexity index is 1120. The first-order chi connectivity index (χ1) is 12.6. The first kappa shape index (κ1) is 16.1. The van der Waals surface area contributed by atoms with E-state index in [9.17, 15) is 13.6 Å². The molecule has 0 radical (unpaired) electrons. The van der Waals surface area contributed by atoms with E-state index in [4.69, 9.17) is 0 Å². The van der Waals surface area contributed by atoms with Crippen molar-refractivity contribution >= 4 is 11.2 Å². The van der Waals surface area contributed by atoms with Crippen LogP contribution < -0.4 is 5.69 Å². The summed E-state index contributed by atoms with van der Waals surface area (Å²) in [4.78, 5) is 23.3. The van der Waals surface area contributed by atoms with Gasteiger partial charge in [0.2, 0.25) is 0 Å². The Balaban J connectivity index is 1.81. The van der Waals surface area contributed by atoms with E-state index in [-0.39, 0.29) is 11.3 Å². The molecule has 0 spiro atoms. The molecule has 0 aliphatic heterocycles. The van der Waals surface area contributed by atoms with Gasteiger partial charge in [-0.2, -0.15) is 0 Å². The highest BCUT2D eigenvalue weighted by atomic mass is 19.3. The highest BCUT2D eigenvalue weighted by molar-refractivity contribution is 5.78. The zero-order valence-electron chi connectivity index (χ0n) is 13.6. The molecule has 0 fully saturated rings. The molecule has 7 heteroatoms. The minimum absolute atomic E-state index is 0.0515. The predicted molar refractivity (Wildman–Crippen MR) is 94.1 cm³/mol. The van der Waals surface area contributed by atoms with Crippen LogP contribution in [0.1, 0.15) is 17.6 Å². The number of nitrogens with zero attached hydrogens (tertiary/aromatic N) is 3. The summed E-state index contributed by atoms with van der Waals surface area (Å²) in [5.41, 5.74) is 2.89. The van der Waals surface area contributed by atoms with Crippen LogP contribution in [0.5, 0.6) is 0 Å². The zero-order chi connectivity index (χ0) is 18.1. The van der Waals surface area contributed by atoms with Crippen molar-refractivity contribution in [3.8, 4) is 11.1 Å². The average Bonchev–Trinajstić information content (AvgIpc) is 2.97. The maximum Gasteiger partial charge on any atom is 0.327 e. The van der Waals surface area contributed by atoms with Crippen molar-refractivity contribution in [1.82, 2.24) is 19.5 Å². The number of H-pyrrole nitrogens is 1. The van der Waals surface area contributed by atoms with Crippen LogP contribution in [0.25, 0.3) is 22.3 Å². The van der Waals surface area contributed by atoms with Gasteiger partial charge in [-0.05, 0) is 29.3 Å². The second kappa shape index (κ2) is 6.51. The number of benzene rings is 1. The number of rotatable bonds is 4. The fourth-order valence-corrected chi connectivity index (χ4v) is 2.88. The molecule has 1 aromatic carbocycles. The minimum atomic E-state index is -2.54. The lowest BCUT2D eigenvalue weighted by atomic mass is 10.0. The van der Waals surface area contributed by atoms with Gasteiger partial charge in [0.05, 0.1) is 12.1 Å². The molecule has 4 aromatic rings. The van der Waals surface area contributed by atoms with Crippen molar-refractivity contribution in [3.63, 3.8) is 0 Å². The average molecular weight is 352 g/mol. The number of imidazole rings is 1. The van der Waals surface area contributed by atoms with Gasteiger partial charge in [0.15, 0.2) is 5.65 Å². The Morgan fingerprint density at radius 2 is 1.96 bits per heavy atom. The lowest BCUT2D eigenvalue weighted by Gasteiger charge is -2.07. The van der Waals surface area contributed by atoms with Crippen molar-refractivity contribution < 1.29 is 8.78 Å². The summed E-state index contributed by atoms with van der Waals surface area (Å²) in [5, 5.41) is 0. The number of fused-ring (bicyclic) bond motifs is 1. The molecule has 0 aliphatic rings. The Morgan fingerprint density at radius 3 is 2.73 bits per heavy atom. The molecule has 0 atom stereocenters. The third-order valence-electron chi connectivity index (χ3n) is 4.16. The molecule has 0 saturated heterocycles. The lowest BCUT2D eigenvalue weighted by Crippen LogP contribution is -2.17. The van der Waals surface area contributed by atoms with Gasteiger partial charge in [-0.3, -0.25) is 14.5 Å². The molecular formula is C19H14F2N4O. The molecule has 0 aliphatic carbocycles. The molecule has 4 rings (SSSR count). The third-order valence-corrected chi connectivity index (χ3v) is 4.16. The van der Waals surface area contributed by atoms with Crippen LogP contribution in [-0.2, 0) is 6.54 Å². The third kappa shape index (κ3) is 2.99. The van der Waals surface area contributed by atoms with Crippen LogP contribution in [0.3, 0.4) is 0 Å². The molecule has 0 bridgehead atoms. The fourth-order valence-electron chi connectivity index (χ4n) is 2.88. The molecule has 0 saturated carbocycles. The summed E-state index contributed by atoms with van der Waals surface area (Å²) in [7, 11) is 0. The number of alkyl halides is 2. The molecule has 0 amide bonds. The van der Waals surface area contributed by atoms with Crippen molar-refractivity contribution in [3.05, 3.63) is 82.7 Å². The topological polar surface area (TPSA) is 63.6 Å². The highest BCUT2D eigenvalue weighted by Gasteiger charge is 2.12. The number of aromatic nitrogens is 4. The predicted octanol–water partition coefficient (Wildman–Crippen LogP) is 3.77. The van der Waals surface area contributed by atoms with Crippen LogP contribution in [0, 0.1) is 0 Å². The molecule has 1 N–H and O–H groups in total. The van der Waals surface area contributed by atoms with Gasteiger partial charge in [0.1, 0.15) is 0 Å². The zero-order valence-corrected chi connectivity index (χ0v) is 13.6. The Labute approximate surface area is 147 Å². The van der Waals surface area contributed by atoms with Gasteiger partial charge >= 0.3 is 5.69 Å². The van der Waals surface area contributed by atoms with Crippen LogP contribution in [0.2, 0.25) is 0 Å². The van der Waals surface area contributed by atoms with Gasteiger partial charge in [-0.25, -0.2) is 18.6 Å². The van der Waals surface area contributed by atoms with Crippen molar-refractivity contribution in [1.29, 1.82) is 0 Å². The van der Waals surface area contributed by atoms with Gasteiger partial charge in [0, 0.05) is 29.7 Å². The van der Waals surface area contributed by atoms with E-state index in [0.29, 0.717) is 28.8 Å². The van der Waals surface area contributed by atoms with E-state index >= 15 is 0 Å². The molecule has 3 aromatic heterocycles. The van der Waals surface area contributed by atoms with Gasteiger partial charge in [0.25, 0.3) is 6.43 Å². The van der Waals surface area contributed by atoms with Gasteiger partial charge in [-0.1, -0.05) is 24.3 Å². The molecule has 3 heterocycles. The number of halogens is 2. The van der Waals surface area contributed by atoms with Gasteiger partial charge < -0.3 is 0 Å². The molecular weight excluding hydrogens is 338 g/mol. The van der Waals surface area contributed by atoms with Crippen LogP contribution in [0.15, 0.2) is 65.8 Å². The van der Waals surface area contributed by atoms with E-state index in [1.807, 2.05) is 6.07 Å². The monoisotopic (exact) mass is 352 g/mol. The first-order valence-corrected chi connectivity index (χ1v) is 7.98. The second-order valence-corrected chi connectivity index (χ2v) is 5.90. The Hall–Kier alpha value is -3.35. The van der Waals surface area contributed by atoms with Crippen LogP contribution in [0.4, 0.5) is 8.78 Å². The molecule has 26 heavy (non-hydrogen) atoms. The van der Waals surface area contributed by atoms with Crippen molar-refractivity contribution in [2.45, 2.75) is 13.0 Å². The molecule has 0 unspecified atom stereocenters. The maximum absolute atomic E-state index is 13.0. The molecule has 130 valence electrons. The van der Waals surface area contributed by atoms with E-state index in [0.717, 1.165) is 5.56 Å². The number of aromatic amines is 1. The summed E-state index contributed by atoms with van der Waals surface area (Å²) >= 11 is 0. The van der Waals surface area contributed by atoms with E-state index < -0.39 is 6.43 Å². The standard InChI is InChI=1S/C19H14F2N4O/c20-17(21)14-5-1-4-13(7-14)15-8-16-18(23-10-15)24-19(26)25(16)11-12-3-2-6-22-9-12/h1-10,17H,11H2,(H,23,24,26). The van der Waals surface area contributed by atoms with Crippen molar-refractivity contribution in [2.24, 2.45) is 0 Å². The normalized spacial score (nSPS) is 11.3. The maximum atomic E-state index is 13.0. The second-order valence-electron chi connectivity index (χ2n) is 5.90. The summed E-state index contributed by atoms with van der Waals surface area (Å²) in [6, 6.07) is 11.6.